The van der Waals surface area contributed by atoms with Crippen molar-refractivity contribution in [3.05, 3.63) is 10.6 Å². The van der Waals surface area contributed by atoms with E-state index in [-0.39, 0.29) is 11.5 Å². The van der Waals surface area contributed by atoms with Crippen molar-refractivity contribution in [2.75, 3.05) is 25.2 Å². The van der Waals surface area contributed by atoms with Gasteiger partial charge in [0.1, 0.15) is 0 Å². The fourth-order valence-corrected chi connectivity index (χ4v) is 4.11. The van der Waals surface area contributed by atoms with Crippen molar-refractivity contribution in [1.29, 1.82) is 0 Å². The van der Waals surface area contributed by atoms with Gasteiger partial charge in [0.05, 0.1) is 23.3 Å². The topological polar surface area (TPSA) is 45.6 Å². The second-order valence-corrected chi connectivity index (χ2v) is 7.82. The lowest BCUT2D eigenvalue weighted by Crippen LogP contribution is -2.35. The van der Waals surface area contributed by atoms with Crippen LogP contribution < -0.4 is 4.90 Å². The lowest BCUT2D eigenvalue weighted by atomic mass is 9.77. The predicted molar refractivity (Wildman–Crippen MR) is 88.2 cm³/mol. The first-order valence-corrected chi connectivity index (χ1v) is 8.63. The van der Waals surface area contributed by atoms with Crippen LogP contribution in [0.1, 0.15) is 57.2 Å². The first kappa shape index (κ1) is 16.7. The molecule has 21 heavy (non-hydrogen) atoms. The van der Waals surface area contributed by atoms with Crippen molar-refractivity contribution >= 4 is 16.5 Å². The van der Waals surface area contributed by atoms with Crippen LogP contribution in [0.2, 0.25) is 0 Å². The summed E-state index contributed by atoms with van der Waals surface area (Å²) in [6, 6.07) is 0.429. The van der Waals surface area contributed by atoms with Gasteiger partial charge >= 0.3 is 0 Å². The highest BCUT2D eigenvalue weighted by molar-refractivity contribution is 7.15. The molecule has 0 fully saturated rings. The van der Waals surface area contributed by atoms with Gasteiger partial charge in [-0.05, 0) is 31.6 Å². The molecule has 0 amide bonds. The van der Waals surface area contributed by atoms with Crippen molar-refractivity contribution in [3.8, 4) is 0 Å². The van der Waals surface area contributed by atoms with Gasteiger partial charge in [-0.1, -0.05) is 32.1 Å². The molecule has 0 aliphatic heterocycles. The Morgan fingerprint density at radius 3 is 2.86 bits per heavy atom. The fourth-order valence-electron chi connectivity index (χ4n) is 2.92. The maximum absolute atomic E-state index is 10.4. The molecule has 1 heterocycles. The standard InChI is InChI=1S/C16H28N2O2S/c1-6-11(2)18(7-8-20-5)15-17-12-9-16(3,4)10-13(19)14(12)21-15/h11,13,19H,6-10H2,1-5H3. The molecular formula is C16H28N2O2S. The Hall–Kier alpha value is -0.650. The number of hydrogen-bond acceptors (Lipinski definition) is 5. The smallest absolute Gasteiger partial charge is 0.186 e. The normalized spacial score (nSPS) is 21.9. The molecule has 0 saturated heterocycles. The molecule has 1 aliphatic carbocycles. The molecule has 0 saturated carbocycles. The first-order chi connectivity index (χ1) is 9.88. The summed E-state index contributed by atoms with van der Waals surface area (Å²) in [6.45, 7) is 10.4. The molecule has 2 rings (SSSR count). The summed E-state index contributed by atoms with van der Waals surface area (Å²) in [6.07, 6.45) is 2.48. The van der Waals surface area contributed by atoms with Crippen LogP contribution in [0, 0.1) is 5.41 Å². The van der Waals surface area contributed by atoms with E-state index in [2.05, 4.69) is 32.6 Å². The third-order valence-electron chi connectivity index (χ3n) is 4.32. The van der Waals surface area contributed by atoms with Crippen LogP contribution in [0.4, 0.5) is 5.13 Å². The van der Waals surface area contributed by atoms with E-state index in [4.69, 9.17) is 9.72 Å². The van der Waals surface area contributed by atoms with E-state index in [1.165, 1.54) is 0 Å². The van der Waals surface area contributed by atoms with Gasteiger partial charge in [0, 0.05) is 19.7 Å². The minimum Gasteiger partial charge on any atom is -0.387 e. The molecule has 1 aromatic rings. The molecule has 0 bridgehead atoms. The number of fused-ring (bicyclic) bond motifs is 1. The second-order valence-electron chi connectivity index (χ2n) is 6.81. The largest absolute Gasteiger partial charge is 0.387 e. The lowest BCUT2D eigenvalue weighted by molar-refractivity contribution is 0.102. The predicted octanol–water partition coefficient (Wildman–Crippen LogP) is 3.40. The number of aromatic nitrogens is 1. The maximum atomic E-state index is 10.4. The molecule has 0 radical (unpaired) electrons. The van der Waals surface area contributed by atoms with Crippen molar-refractivity contribution in [2.45, 2.75) is 59.1 Å². The van der Waals surface area contributed by atoms with E-state index in [0.29, 0.717) is 12.6 Å². The zero-order chi connectivity index (χ0) is 15.6. The van der Waals surface area contributed by atoms with Crippen LogP contribution in [0.15, 0.2) is 0 Å². The molecule has 1 aromatic heterocycles. The van der Waals surface area contributed by atoms with Crippen LogP contribution in [0.25, 0.3) is 0 Å². The number of nitrogens with zero attached hydrogens (tertiary/aromatic N) is 2. The molecule has 0 spiro atoms. The van der Waals surface area contributed by atoms with E-state index in [9.17, 15) is 5.11 Å². The fraction of sp³-hybridized carbons (Fsp3) is 0.812. The number of thiazole rings is 1. The molecule has 2 unspecified atom stereocenters. The first-order valence-electron chi connectivity index (χ1n) is 7.81. The molecule has 1 aliphatic rings. The van der Waals surface area contributed by atoms with Crippen molar-refractivity contribution in [3.63, 3.8) is 0 Å². The van der Waals surface area contributed by atoms with Crippen molar-refractivity contribution in [2.24, 2.45) is 5.41 Å². The number of hydrogen-bond donors (Lipinski definition) is 1. The van der Waals surface area contributed by atoms with Crippen molar-refractivity contribution in [1.82, 2.24) is 4.98 Å². The molecule has 5 heteroatoms. The Morgan fingerprint density at radius 2 is 2.24 bits per heavy atom. The van der Waals surface area contributed by atoms with Gasteiger partial charge in [-0.25, -0.2) is 4.98 Å². The third-order valence-corrected chi connectivity index (χ3v) is 5.55. The van der Waals surface area contributed by atoms with Gasteiger partial charge in [0.2, 0.25) is 0 Å². The Morgan fingerprint density at radius 1 is 1.52 bits per heavy atom. The SMILES string of the molecule is CCC(C)N(CCOC)c1nc2c(s1)C(O)CC(C)(C)C2. The summed E-state index contributed by atoms with van der Waals surface area (Å²) >= 11 is 1.66. The van der Waals surface area contributed by atoms with E-state index >= 15 is 0 Å². The Labute approximate surface area is 132 Å². The number of aliphatic hydroxyl groups excluding tert-OH is 1. The molecule has 0 aromatic carbocycles. The highest BCUT2D eigenvalue weighted by Crippen LogP contribution is 2.44. The summed E-state index contributed by atoms with van der Waals surface area (Å²) in [5.74, 6) is 0. The van der Waals surface area contributed by atoms with Crippen LogP contribution in [0.5, 0.6) is 0 Å². The van der Waals surface area contributed by atoms with Gasteiger partial charge in [-0.3, -0.25) is 0 Å². The van der Waals surface area contributed by atoms with Gasteiger partial charge in [-0.15, -0.1) is 0 Å². The highest BCUT2D eigenvalue weighted by atomic mass is 32.1. The lowest BCUT2D eigenvalue weighted by Gasteiger charge is -2.31. The van der Waals surface area contributed by atoms with E-state index < -0.39 is 0 Å². The van der Waals surface area contributed by atoms with Crippen LogP contribution in [0.3, 0.4) is 0 Å². The average Bonchev–Trinajstić information content (AvgIpc) is 2.81. The van der Waals surface area contributed by atoms with Crippen LogP contribution in [-0.2, 0) is 11.2 Å². The summed E-state index contributed by atoms with van der Waals surface area (Å²) in [5, 5.41) is 11.4. The van der Waals surface area contributed by atoms with Crippen LogP contribution in [-0.4, -0.2) is 36.4 Å². The Balaban J connectivity index is 2.27. The quantitative estimate of drug-likeness (QED) is 0.874. The monoisotopic (exact) mass is 312 g/mol. The highest BCUT2D eigenvalue weighted by Gasteiger charge is 2.35. The van der Waals surface area contributed by atoms with E-state index in [0.717, 1.165) is 41.5 Å². The average molecular weight is 312 g/mol. The molecule has 120 valence electrons. The number of anilines is 1. The number of rotatable bonds is 6. The van der Waals surface area contributed by atoms with Gasteiger partial charge < -0.3 is 14.7 Å². The Bertz CT molecular complexity index is 473. The van der Waals surface area contributed by atoms with E-state index in [1.807, 2.05) is 0 Å². The summed E-state index contributed by atoms with van der Waals surface area (Å²) in [5.41, 5.74) is 1.22. The molecule has 1 N–H and O–H groups in total. The van der Waals surface area contributed by atoms with E-state index in [1.54, 1.807) is 18.4 Å². The number of ether oxygens (including phenoxy) is 1. The zero-order valence-corrected chi connectivity index (χ0v) is 14.7. The summed E-state index contributed by atoms with van der Waals surface area (Å²) in [4.78, 5) is 8.22. The molecule has 4 nitrogen and oxygen atoms in total. The number of methoxy groups -OCH3 is 1. The van der Waals surface area contributed by atoms with Gasteiger partial charge in [0.25, 0.3) is 0 Å². The number of aliphatic hydroxyl groups is 1. The molecule has 2 atom stereocenters. The Kier molecular flexibility index (Phi) is 5.28. The third kappa shape index (κ3) is 3.76. The van der Waals surface area contributed by atoms with Crippen LogP contribution >= 0.6 is 11.3 Å². The minimum absolute atomic E-state index is 0.130. The molecular weight excluding hydrogens is 284 g/mol. The van der Waals surface area contributed by atoms with Gasteiger partial charge in [0.15, 0.2) is 5.13 Å². The van der Waals surface area contributed by atoms with Gasteiger partial charge in [-0.2, -0.15) is 0 Å². The maximum Gasteiger partial charge on any atom is 0.186 e. The summed E-state index contributed by atoms with van der Waals surface area (Å²) in [7, 11) is 1.73. The minimum atomic E-state index is -0.365. The summed E-state index contributed by atoms with van der Waals surface area (Å²) < 4.78 is 5.23. The van der Waals surface area contributed by atoms with Crippen molar-refractivity contribution < 1.29 is 9.84 Å². The zero-order valence-electron chi connectivity index (χ0n) is 13.8. The second kappa shape index (κ2) is 6.63.